The Bertz CT molecular complexity index is 996. The molecular weight excluding hydrogens is 370 g/mol. The van der Waals surface area contributed by atoms with Crippen molar-refractivity contribution in [2.45, 2.75) is 0 Å². The van der Waals surface area contributed by atoms with E-state index in [9.17, 15) is 14.4 Å². The summed E-state index contributed by atoms with van der Waals surface area (Å²) in [4.78, 5) is 35.9. The summed E-state index contributed by atoms with van der Waals surface area (Å²) in [5, 5.41) is 2.78. The van der Waals surface area contributed by atoms with Crippen LogP contribution in [0.15, 0.2) is 78.9 Å². The summed E-state index contributed by atoms with van der Waals surface area (Å²) in [6.45, 7) is -0.146. The lowest BCUT2D eigenvalue weighted by Crippen LogP contribution is -2.13. The maximum absolute atomic E-state index is 12.3. The van der Waals surface area contributed by atoms with Crippen molar-refractivity contribution in [1.82, 2.24) is 0 Å². The van der Waals surface area contributed by atoms with E-state index >= 15 is 0 Å². The Kier molecular flexibility index (Phi) is 6.37. The van der Waals surface area contributed by atoms with Gasteiger partial charge in [0.05, 0.1) is 12.7 Å². The van der Waals surface area contributed by atoms with Gasteiger partial charge in [0.2, 0.25) is 0 Å². The summed E-state index contributed by atoms with van der Waals surface area (Å²) in [6.07, 6.45) is 0. The Morgan fingerprint density at radius 1 is 0.759 bits per heavy atom. The lowest BCUT2D eigenvalue weighted by molar-refractivity contribution is 0.0600. The summed E-state index contributed by atoms with van der Waals surface area (Å²) >= 11 is 0. The lowest BCUT2D eigenvalue weighted by atomic mass is 10.1. The number of anilines is 1. The van der Waals surface area contributed by atoms with Crippen molar-refractivity contribution in [2.24, 2.45) is 0 Å². The number of methoxy groups -OCH3 is 1. The fourth-order valence-electron chi connectivity index (χ4n) is 2.57. The molecule has 0 fully saturated rings. The first kappa shape index (κ1) is 19.8. The van der Waals surface area contributed by atoms with Crippen LogP contribution in [0.1, 0.15) is 31.1 Å². The second-order valence-corrected chi connectivity index (χ2v) is 6.13. The van der Waals surface area contributed by atoms with Crippen molar-refractivity contribution in [1.29, 1.82) is 0 Å². The summed E-state index contributed by atoms with van der Waals surface area (Å²) < 4.78 is 10.1. The van der Waals surface area contributed by atoms with E-state index < -0.39 is 5.97 Å². The van der Waals surface area contributed by atoms with Gasteiger partial charge in [-0.1, -0.05) is 18.2 Å². The molecule has 0 aliphatic heterocycles. The van der Waals surface area contributed by atoms with Crippen LogP contribution >= 0.6 is 0 Å². The third-order valence-electron chi connectivity index (χ3n) is 4.15. The van der Waals surface area contributed by atoms with Crippen molar-refractivity contribution in [3.63, 3.8) is 0 Å². The quantitative estimate of drug-likeness (QED) is 0.488. The molecule has 0 bridgehead atoms. The fraction of sp³-hybridized carbons (Fsp3) is 0.0870. The van der Waals surface area contributed by atoms with E-state index in [2.05, 4.69) is 10.1 Å². The molecule has 1 N–H and O–H groups in total. The zero-order valence-electron chi connectivity index (χ0n) is 15.8. The molecule has 6 heteroatoms. The highest BCUT2D eigenvalue weighted by Gasteiger charge is 2.10. The van der Waals surface area contributed by atoms with Gasteiger partial charge in [0.25, 0.3) is 5.91 Å². The first-order valence-corrected chi connectivity index (χ1v) is 8.87. The second kappa shape index (κ2) is 9.32. The summed E-state index contributed by atoms with van der Waals surface area (Å²) in [5.41, 5.74) is 2.02. The number of hydrogen-bond donors (Lipinski definition) is 1. The van der Waals surface area contributed by atoms with Gasteiger partial charge in [-0.3, -0.25) is 9.59 Å². The zero-order chi connectivity index (χ0) is 20.6. The van der Waals surface area contributed by atoms with E-state index in [0.717, 1.165) is 0 Å². The zero-order valence-corrected chi connectivity index (χ0v) is 15.8. The number of nitrogens with one attached hydrogen (secondary N) is 1. The number of carbonyl (C=O) groups excluding carboxylic acids is 3. The van der Waals surface area contributed by atoms with E-state index in [0.29, 0.717) is 28.1 Å². The first-order chi connectivity index (χ1) is 14.1. The molecule has 3 rings (SSSR count). The molecule has 0 atom stereocenters. The average Bonchev–Trinajstić information content (AvgIpc) is 2.78. The predicted molar refractivity (Wildman–Crippen MR) is 108 cm³/mol. The van der Waals surface area contributed by atoms with Gasteiger partial charge in [0.1, 0.15) is 5.75 Å². The lowest BCUT2D eigenvalue weighted by Gasteiger charge is -2.08. The van der Waals surface area contributed by atoms with Gasteiger partial charge in [-0.25, -0.2) is 4.79 Å². The van der Waals surface area contributed by atoms with Gasteiger partial charge < -0.3 is 14.8 Å². The molecule has 3 aromatic carbocycles. The van der Waals surface area contributed by atoms with Crippen LogP contribution in [0.2, 0.25) is 0 Å². The Balaban J connectivity index is 1.55. The van der Waals surface area contributed by atoms with Gasteiger partial charge in [-0.05, 0) is 60.7 Å². The Labute approximate surface area is 168 Å². The molecule has 0 radical (unpaired) electrons. The monoisotopic (exact) mass is 389 g/mol. The van der Waals surface area contributed by atoms with Crippen LogP contribution in [-0.4, -0.2) is 31.4 Å². The Morgan fingerprint density at radius 3 is 2.00 bits per heavy atom. The standard InChI is InChI=1S/C23H19NO5/c1-28-23(27)18-9-13-20(14-10-18)29-15-21(25)16-7-11-19(12-8-16)24-22(26)17-5-3-2-4-6-17/h2-14H,15H2,1H3,(H,24,26). The second-order valence-electron chi connectivity index (χ2n) is 6.13. The van der Waals surface area contributed by atoms with Gasteiger partial charge in [0.15, 0.2) is 12.4 Å². The molecule has 29 heavy (non-hydrogen) atoms. The van der Waals surface area contributed by atoms with Crippen LogP contribution in [0.4, 0.5) is 5.69 Å². The number of Topliss-reactive ketones (excluding diaryl/α,β-unsaturated/α-hetero) is 1. The van der Waals surface area contributed by atoms with Crippen molar-refractivity contribution in [3.05, 3.63) is 95.6 Å². The molecule has 0 aliphatic carbocycles. The number of amides is 1. The van der Waals surface area contributed by atoms with Gasteiger partial charge in [-0.2, -0.15) is 0 Å². The third kappa shape index (κ3) is 5.29. The molecule has 0 spiro atoms. The molecule has 146 valence electrons. The molecular formula is C23H19NO5. The minimum atomic E-state index is -0.438. The number of carbonyl (C=O) groups is 3. The maximum atomic E-state index is 12.3. The van der Waals surface area contributed by atoms with E-state index in [1.165, 1.54) is 7.11 Å². The van der Waals surface area contributed by atoms with Crippen molar-refractivity contribution >= 4 is 23.3 Å². The molecule has 0 aliphatic rings. The maximum Gasteiger partial charge on any atom is 0.337 e. The highest BCUT2D eigenvalue weighted by atomic mass is 16.5. The van der Waals surface area contributed by atoms with E-state index in [-0.39, 0.29) is 18.3 Å². The van der Waals surface area contributed by atoms with Crippen LogP contribution in [-0.2, 0) is 4.74 Å². The summed E-state index contributed by atoms with van der Waals surface area (Å²) in [5.74, 6) is -0.392. The van der Waals surface area contributed by atoms with Crippen LogP contribution in [0.25, 0.3) is 0 Å². The molecule has 0 saturated carbocycles. The minimum absolute atomic E-state index is 0.146. The topological polar surface area (TPSA) is 81.7 Å². The molecule has 0 saturated heterocycles. The SMILES string of the molecule is COC(=O)c1ccc(OCC(=O)c2ccc(NC(=O)c3ccccc3)cc2)cc1. The molecule has 3 aromatic rings. The molecule has 0 aromatic heterocycles. The highest BCUT2D eigenvalue weighted by Crippen LogP contribution is 2.15. The smallest absolute Gasteiger partial charge is 0.337 e. The van der Waals surface area contributed by atoms with Crippen LogP contribution < -0.4 is 10.1 Å². The van der Waals surface area contributed by atoms with E-state index in [1.54, 1.807) is 72.8 Å². The largest absolute Gasteiger partial charge is 0.485 e. The molecule has 6 nitrogen and oxygen atoms in total. The predicted octanol–water partition coefficient (Wildman–Crippen LogP) is 3.99. The molecule has 1 amide bonds. The number of hydrogen-bond acceptors (Lipinski definition) is 5. The highest BCUT2D eigenvalue weighted by molar-refractivity contribution is 6.04. The van der Waals surface area contributed by atoms with Crippen molar-refractivity contribution in [2.75, 3.05) is 19.0 Å². The van der Waals surface area contributed by atoms with Crippen LogP contribution in [0.3, 0.4) is 0 Å². The number of ether oxygens (including phenoxy) is 2. The molecule has 0 heterocycles. The van der Waals surface area contributed by atoms with Gasteiger partial charge >= 0.3 is 5.97 Å². The Morgan fingerprint density at radius 2 is 1.38 bits per heavy atom. The van der Waals surface area contributed by atoms with Gasteiger partial charge in [-0.15, -0.1) is 0 Å². The Hall–Kier alpha value is -3.93. The van der Waals surface area contributed by atoms with Crippen LogP contribution in [0.5, 0.6) is 5.75 Å². The number of esters is 1. The number of rotatable bonds is 7. The average molecular weight is 389 g/mol. The number of ketones is 1. The minimum Gasteiger partial charge on any atom is -0.485 e. The van der Waals surface area contributed by atoms with Gasteiger partial charge in [0, 0.05) is 16.8 Å². The van der Waals surface area contributed by atoms with Crippen molar-refractivity contribution < 1.29 is 23.9 Å². The molecule has 0 unspecified atom stereocenters. The summed E-state index contributed by atoms with van der Waals surface area (Å²) in [6, 6.07) is 21.8. The first-order valence-electron chi connectivity index (χ1n) is 8.87. The number of benzene rings is 3. The third-order valence-corrected chi connectivity index (χ3v) is 4.15. The summed E-state index contributed by atoms with van der Waals surface area (Å²) in [7, 11) is 1.31. The fourth-order valence-corrected chi connectivity index (χ4v) is 2.57. The van der Waals surface area contributed by atoms with E-state index in [4.69, 9.17) is 4.74 Å². The van der Waals surface area contributed by atoms with Crippen molar-refractivity contribution in [3.8, 4) is 5.75 Å². The van der Waals surface area contributed by atoms with Crippen LogP contribution in [0, 0.1) is 0 Å². The normalized spacial score (nSPS) is 10.1. The van der Waals surface area contributed by atoms with E-state index in [1.807, 2.05) is 6.07 Å².